The minimum absolute atomic E-state index is 0.181. The molecule has 0 aromatic heterocycles. The van der Waals surface area contributed by atoms with E-state index in [1.807, 2.05) is 24.3 Å². The molecule has 146 valence electrons. The van der Waals surface area contributed by atoms with E-state index in [1.165, 1.54) is 0 Å². The molecule has 29 heavy (non-hydrogen) atoms. The molecule has 1 heterocycles. The van der Waals surface area contributed by atoms with Crippen molar-refractivity contribution in [2.24, 2.45) is 0 Å². The maximum absolute atomic E-state index is 13.4. The van der Waals surface area contributed by atoms with Gasteiger partial charge in [-0.25, -0.2) is 4.79 Å². The van der Waals surface area contributed by atoms with Crippen molar-refractivity contribution in [2.75, 3.05) is 16.8 Å². The average Bonchev–Trinajstić information content (AvgIpc) is 2.73. The molecule has 1 atom stereocenters. The van der Waals surface area contributed by atoms with Crippen molar-refractivity contribution in [3.05, 3.63) is 88.9 Å². The molecule has 6 nitrogen and oxygen atoms in total. The van der Waals surface area contributed by atoms with Crippen molar-refractivity contribution in [3.63, 3.8) is 0 Å². The van der Waals surface area contributed by atoms with Crippen LogP contribution in [0.25, 0.3) is 0 Å². The molecule has 1 aliphatic heterocycles. The highest BCUT2D eigenvalue weighted by atomic mass is 35.5. The van der Waals surface area contributed by atoms with E-state index in [0.717, 1.165) is 0 Å². The van der Waals surface area contributed by atoms with Crippen molar-refractivity contribution in [2.45, 2.75) is 6.17 Å². The molecule has 0 saturated carbocycles. The summed E-state index contributed by atoms with van der Waals surface area (Å²) in [5.41, 5.74) is 2.54. The van der Waals surface area contributed by atoms with Crippen molar-refractivity contribution in [3.8, 4) is 5.75 Å². The molecule has 4 rings (SSSR count). The second kappa shape index (κ2) is 7.85. The van der Waals surface area contributed by atoms with E-state index in [2.05, 4.69) is 5.32 Å². The second-order valence-corrected chi connectivity index (χ2v) is 6.90. The fraction of sp³-hybridized carbons (Fsp3) is 0.0909. The zero-order valence-corrected chi connectivity index (χ0v) is 16.0. The Labute approximate surface area is 172 Å². The summed E-state index contributed by atoms with van der Waals surface area (Å²) in [4.78, 5) is 26.0. The molecule has 1 aliphatic rings. The first-order valence-electron chi connectivity index (χ1n) is 8.93. The lowest BCUT2D eigenvalue weighted by molar-refractivity contribution is -0.139. The number of fused-ring (bicyclic) bond motifs is 1. The van der Waals surface area contributed by atoms with Crippen LogP contribution >= 0.6 is 11.6 Å². The van der Waals surface area contributed by atoms with Gasteiger partial charge in [-0.2, -0.15) is 0 Å². The molecule has 0 spiro atoms. The topological polar surface area (TPSA) is 78.9 Å². The van der Waals surface area contributed by atoms with Crippen LogP contribution in [0.15, 0.2) is 72.8 Å². The number of anilines is 2. The second-order valence-electron chi connectivity index (χ2n) is 6.46. The minimum Gasteiger partial charge on any atom is -0.481 e. The number of halogens is 1. The number of hydrogen-bond donors (Lipinski definition) is 2. The maximum Gasteiger partial charge on any atom is 0.341 e. The van der Waals surface area contributed by atoms with E-state index in [4.69, 9.17) is 21.4 Å². The molecule has 0 bridgehead atoms. The molecule has 0 unspecified atom stereocenters. The number of amides is 1. The Morgan fingerprint density at radius 1 is 1.03 bits per heavy atom. The highest BCUT2D eigenvalue weighted by Gasteiger charge is 2.35. The van der Waals surface area contributed by atoms with E-state index >= 15 is 0 Å². The number of benzene rings is 3. The van der Waals surface area contributed by atoms with E-state index in [-0.39, 0.29) is 5.91 Å². The zero-order valence-electron chi connectivity index (χ0n) is 15.2. The standard InChI is InChI=1S/C22H17ClN2O4/c23-14-9-11-15(12-10-14)25-21(24-18-7-3-1-5-16(18)22(25)28)17-6-2-4-8-19(17)29-13-20(26)27/h1-12,21,24H,13H2,(H,26,27)/t21-/m0/s1. The predicted molar refractivity (Wildman–Crippen MR) is 111 cm³/mol. The average molecular weight is 409 g/mol. The highest BCUT2D eigenvalue weighted by molar-refractivity contribution is 6.30. The number of nitrogens with one attached hydrogen (secondary N) is 1. The lowest BCUT2D eigenvalue weighted by atomic mass is 10.0. The number of carboxylic acid groups (broad SMARTS) is 1. The minimum atomic E-state index is -1.08. The number of aliphatic carboxylic acids is 1. The Bertz CT molecular complexity index is 1070. The molecule has 0 aliphatic carbocycles. The van der Waals surface area contributed by atoms with Crippen LogP contribution in [-0.2, 0) is 4.79 Å². The number of hydrogen-bond acceptors (Lipinski definition) is 4. The van der Waals surface area contributed by atoms with Crippen LogP contribution in [0, 0.1) is 0 Å². The number of carbonyl (C=O) groups excluding carboxylic acids is 1. The summed E-state index contributed by atoms with van der Waals surface area (Å²) in [7, 11) is 0. The van der Waals surface area contributed by atoms with Gasteiger partial charge in [-0.05, 0) is 42.5 Å². The fourth-order valence-corrected chi connectivity index (χ4v) is 3.44. The van der Waals surface area contributed by atoms with Gasteiger partial charge in [-0.15, -0.1) is 0 Å². The van der Waals surface area contributed by atoms with Crippen LogP contribution in [-0.4, -0.2) is 23.6 Å². The van der Waals surface area contributed by atoms with Crippen LogP contribution < -0.4 is 15.0 Å². The molecule has 0 radical (unpaired) electrons. The van der Waals surface area contributed by atoms with Gasteiger partial charge in [-0.3, -0.25) is 9.69 Å². The van der Waals surface area contributed by atoms with Gasteiger partial charge in [-0.1, -0.05) is 41.9 Å². The van der Waals surface area contributed by atoms with Gasteiger partial charge in [0.25, 0.3) is 5.91 Å². The van der Waals surface area contributed by atoms with Gasteiger partial charge >= 0.3 is 5.97 Å². The fourth-order valence-electron chi connectivity index (χ4n) is 3.32. The first-order valence-corrected chi connectivity index (χ1v) is 9.30. The molecule has 3 aromatic carbocycles. The summed E-state index contributed by atoms with van der Waals surface area (Å²) in [5, 5.41) is 12.9. The maximum atomic E-state index is 13.4. The molecular weight excluding hydrogens is 392 g/mol. The van der Waals surface area contributed by atoms with Crippen LogP contribution in [0.3, 0.4) is 0 Å². The zero-order chi connectivity index (χ0) is 20.4. The van der Waals surface area contributed by atoms with Gasteiger partial charge in [0, 0.05) is 22.0 Å². The molecule has 2 N–H and O–H groups in total. The number of para-hydroxylation sites is 2. The summed E-state index contributed by atoms with van der Waals surface area (Å²) < 4.78 is 5.48. The van der Waals surface area contributed by atoms with Crippen molar-refractivity contribution in [1.82, 2.24) is 0 Å². The lowest BCUT2D eigenvalue weighted by Crippen LogP contribution is -2.43. The number of carbonyl (C=O) groups is 2. The molecule has 7 heteroatoms. The predicted octanol–water partition coefficient (Wildman–Crippen LogP) is 4.57. The first-order chi connectivity index (χ1) is 14.0. The number of carboxylic acids is 1. The smallest absolute Gasteiger partial charge is 0.341 e. The summed E-state index contributed by atoms with van der Waals surface area (Å²) in [6.45, 7) is -0.477. The third kappa shape index (κ3) is 3.75. The van der Waals surface area contributed by atoms with E-state index in [9.17, 15) is 9.59 Å². The first kappa shape index (κ1) is 18.8. The highest BCUT2D eigenvalue weighted by Crippen LogP contribution is 2.39. The van der Waals surface area contributed by atoms with Crippen molar-refractivity contribution in [1.29, 1.82) is 0 Å². The van der Waals surface area contributed by atoms with Gasteiger partial charge in [0.15, 0.2) is 6.61 Å². The number of rotatable bonds is 5. The number of nitrogens with zero attached hydrogens (tertiary/aromatic N) is 1. The Hall–Kier alpha value is -3.51. The molecule has 3 aromatic rings. The van der Waals surface area contributed by atoms with Gasteiger partial charge in [0.1, 0.15) is 11.9 Å². The molecular formula is C22H17ClN2O4. The summed E-state index contributed by atoms with van der Waals surface area (Å²) in [6, 6.07) is 21.3. The third-order valence-corrected chi connectivity index (χ3v) is 4.85. The third-order valence-electron chi connectivity index (χ3n) is 4.60. The van der Waals surface area contributed by atoms with E-state index in [0.29, 0.717) is 33.3 Å². The monoisotopic (exact) mass is 408 g/mol. The van der Waals surface area contributed by atoms with Gasteiger partial charge in [0.05, 0.1) is 5.56 Å². The van der Waals surface area contributed by atoms with Crippen LogP contribution in [0.4, 0.5) is 11.4 Å². The van der Waals surface area contributed by atoms with E-state index in [1.54, 1.807) is 53.4 Å². The van der Waals surface area contributed by atoms with Crippen LogP contribution in [0.1, 0.15) is 22.1 Å². The van der Waals surface area contributed by atoms with Crippen molar-refractivity contribution < 1.29 is 19.4 Å². The molecule has 0 fully saturated rings. The van der Waals surface area contributed by atoms with Crippen molar-refractivity contribution >= 4 is 34.9 Å². The number of ether oxygens (including phenoxy) is 1. The summed E-state index contributed by atoms with van der Waals surface area (Å²) in [6.07, 6.45) is -0.594. The Balaban J connectivity index is 1.82. The van der Waals surface area contributed by atoms with Crippen LogP contribution in [0.2, 0.25) is 5.02 Å². The lowest BCUT2D eigenvalue weighted by Gasteiger charge is -2.38. The largest absolute Gasteiger partial charge is 0.481 e. The van der Waals surface area contributed by atoms with Gasteiger partial charge in [0.2, 0.25) is 0 Å². The van der Waals surface area contributed by atoms with Crippen LogP contribution in [0.5, 0.6) is 5.75 Å². The van der Waals surface area contributed by atoms with Gasteiger partial charge < -0.3 is 15.2 Å². The van der Waals surface area contributed by atoms with E-state index < -0.39 is 18.7 Å². The quantitative estimate of drug-likeness (QED) is 0.646. The summed E-state index contributed by atoms with van der Waals surface area (Å²) >= 11 is 6.02. The Morgan fingerprint density at radius 2 is 1.72 bits per heavy atom. The summed E-state index contributed by atoms with van der Waals surface area (Å²) in [5.74, 6) is -0.870. The SMILES string of the molecule is O=C(O)COc1ccccc1[C@H]1Nc2ccccc2C(=O)N1c1ccc(Cl)cc1. The molecule has 0 saturated heterocycles. The normalized spacial score (nSPS) is 15.4. The Morgan fingerprint density at radius 3 is 2.48 bits per heavy atom. The molecule has 1 amide bonds. The Kier molecular flexibility index (Phi) is 5.10.